The number of amides is 1. The van der Waals surface area contributed by atoms with Crippen molar-refractivity contribution in [1.29, 1.82) is 0 Å². The Balaban J connectivity index is 2.75. The average Bonchev–Trinajstić information content (AvgIpc) is 2.58. The van der Waals surface area contributed by atoms with E-state index >= 15 is 0 Å². The van der Waals surface area contributed by atoms with E-state index in [1.807, 2.05) is 58.0 Å². The molecule has 0 bridgehead atoms. The first-order chi connectivity index (χ1) is 11.4. The molecule has 1 rings (SSSR count). The molecule has 132 valence electrons. The Labute approximate surface area is 145 Å². The maximum absolute atomic E-state index is 12.6. The van der Waals surface area contributed by atoms with Crippen LogP contribution in [0.5, 0.6) is 0 Å². The highest BCUT2D eigenvalue weighted by Crippen LogP contribution is 2.28. The second-order valence-corrected chi connectivity index (χ2v) is 6.25. The maximum atomic E-state index is 12.6. The van der Waals surface area contributed by atoms with Crippen molar-refractivity contribution in [1.82, 2.24) is 4.90 Å². The van der Waals surface area contributed by atoms with Crippen LogP contribution >= 0.6 is 0 Å². The van der Waals surface area contributed by atoms with E-state index in [2.05, 4.69) is 6.58 Å². The highest BCUT2D eigenvalue weighted by molar-refractivity contribution is 5.83. The van der Waals surface area contributed by atoms with Gasteiger partial charge in [0, 0.05) is 13.1 Å². The molecule has 4 nitrogen and oxygen atoms in total. The lowest BCUT2D eigenvalue weighted by molar-refractivity contribution is -0.154. The molecule has 0 fully saturated rings. The largest absolute Gasteiger partial charge is 0.455 e. The van der Waals surface area contributed by atoms with Crippen LogP contribution < -0.4 is 0 Å². The Morgan fingerprint density at radius 3 is 2.33 bits per heavy atom. The van der Waals surface area contributed by atoms with Gasteiger partial charge in [0.05, 0.1) is 5.92 Å². The minimum atomic E-state index is -0.347. The highest BCUT2D eigenvalue weighted by Gasteiger charge is 2.28. The van der Waals surface area contributed by atoms with Gasteiger partial charge in [-0.1, -0.05) is 62.8 Å². The van der Waals surface area contributed by atoms with Crippen LogP contribution in [0, 0.1) is 5.92 Å². The van der Waals surface area contributed by atoms with Gasteiger partial charge in [0.25, 0.3) is 5.91 Å². The summed E-state index contributed by atoms with van der Waals surface area (Å²) in [6, 6.07) is 9.60. The summed E-state index contributed by atoms with van der Waals surface area (Å²) in [5.41, 5.74) is 1.83. The summed E-state index contributed by atoms with van der Waals surface area (Å²) in [7, 11) is 0. The molecule has 0 spiro atoms. The zero-order valence-electron chi connectivity index (χ0n) is 15.2. The summed E-state index contributed by atoms with van der Waals surface area (Å²) in [5, 5.41) is 0. The molecule has 0 N–H and O–H groups in total. The molecule has 2 atom stereocenters. The number of rotatable bonds is 9. The average molecular weight is 331 g/mol. The SMILES string of the molecule is C=C(C)CN(CC)C(=O)COC(=O)C(c1ccccc1)C(C)CC. The van der Waals surface area contributed by atoms with E-state index in [-0.39, 0.29) is 30.3 Å². The summed E-state index contributed by atoms with van der Waals surface area (Å²) >= 11 is 0. The van der Waals surface area contributed by atoms with Crippen LogP contribution in [0.2, 0.25) is 0 Å². The van der Waals surface area contributed by atoms with Crippen LogP contribution in [-0.2, 0) is 14.3 Å². The minimum Gasteiger partial charge on any atom is -0.455 e. The number of hydrogen-bond donors (Lipinski definition) is 0. The Morgan fingerprint density at radius 2 is 1.83 bits per heavy atom. The van der Waals surface area contributed by atoms with Gasteiger partial charge < -0.3 is 9.64 Å². The first-order valence-electron chi connectivity index (χ1n) is 8.54. The number of benzene rings is 1. The Hall–Kier alpha value is -2.10. The van der Waals surface area contributed by atoms with Crippen molar-refractivity contribution in [3.63, 3.8) is 0 Å². The number of hydrogen-bond acceptors (Lipinski definition) is 3. The van der Waals surface area contributed by atoms with Gasteiger partial charge in [-0.15, -0.1) is 0 Å². The fourth-order valence-electron chi connectivity index (χ4n) is 2.61. The molecule has 2 unspecified atom stereocenters. The van der Waals surface area contributed by atoms with E-state index in [4.69, 9.17) is 4.74 Å². The van der Waals surface area contributed by atoms with Gasteiger partial charge in [-0.2, -0.15) is 0 Å². The van der Waals surface area contributed by atoms with Gasteiger partial charge in [0.15, 0.2) is 6.61 Å². The number of ether oxygens (including phenoxy) is 1. The van der Waals surface area contributed by atoms with Crippen LogP contribution in [0.1, 0.15) is 45.6 Å². The van der Waals surface area contributed by atoms with E-state index < -0.39 is 0 Å². The molecule has 0 aliphatic heterocycles. The Morgan fingerprint density at radius 1 is 1.21 bits per heavy atom. The van der Waals surface area contributed by atoms with Crippen LogP contribution in [0.4, 0.5) is 0 Å². The van der Waals surface area contributed by atoms with Crippen molar-refractivity contribution in [3.05, 3.63) is 48.0 Å². The Bertz CT molecular complexity index is 553. The molecular weight excluding hydrogens is 302 g/mol. The number of likely N-dealkylation sites (N-methyl/N-ethyl adjacent to an activating group) is 1. The molecule has 1 aromatic rings. The fraction of sp³-hybridized carbons (Fsp3) is 0.500. The van der Waals surface area contributed by atoms with Gasteiger partial charge in [-0.25, -0.2) is 0 Å². The molecule has 0 aliphatic rings. The number of nitrogens with zero attached hydrogens (tertiary/aromatic N) is 1. The quantitative estimate of drug-likeness (QED) is 0.511. The van der Waals surface area contributed by atoms with E-state index in [1.54, 1.807) is 4.90 Å². The first kappa shape index (κ1) is 19.9. The topological polar surface area (TPSA) is 46.6 Å². The molecule has 0 saturated heterocycles. The van der Waals surface area contributed by atoms with Crippen LogP contribution in [0.15, 0.2) is 42.5 Å². The fourth-order valence-corrected chi connectivity index (χ4v) is 2.61. The minimum absolute atomic E-state index is 0.146. The van der Waals surface area contributed by atoms with Crippen LogP contribution in [-0.4, -0.2) is 36.5 Å². The molecule has 4 heteroatoms. The smallest absolute Gasteiger partial charge is 0.314 e. The third-order valence-electron chi connectivity index (χ3n) is 4.16. The lowest BCUT2D eigenvalue weighted by atomic mass is 9.86. The molecule has 0 aliphatic carbocycles. The monoisotopic (exact) mass is 331 g/mol. The molecule has 0 saturated carbocycles. The molecule has 24 heavy (non-hydrogen) atoms. The van der Waals surface area contributed by atoms with Crippen LogP contribution in [0.25, 0.3) is 0 Å². The third kappa shape index (κ3) is 5.84. The molecule has 0 heterocycles. The predicted octanol–water partition coefficient (Wildman–Crippen LogP) is 3.78. The standard InChI is InChI=1S/C20H29NO3/c1-6-16(5)19(17-11-9-8-10-12-17)20(23)24-14-18(22)21(7-2)13-15(3)4/h8-12,16,19H,3,6-7,13-14H2,1-2,4-5H3. The summed E-state index contributed by atoms with van der Waals surface area (Å²) in [6.07, 6.45) is 0.860. The van der Waals surface area contributed by atoms with Gasteiger partial charge in [0.2, 0.25) is 0 Å². The molecule has 1 aromatic carbocycles. The van der Waals surface area contributed by atoms with Crippen molar-refractivity contribution in [3.8, 4) is 0 Å². The van der Waals surface area contributed by atoms with Crippen molar-refractivity contribution in [2.45, 2.75) is 40.0 Å². The first-order valence-corrected chi connectivity index (χ1v) is 8.54. The zero-order valence-corrected chi connectivity index (χ0v) is 15.2. The van der Waals surface area contributed by atoms with Gasteiger partial charge in [-0.3, -0.25) is 9.59 Å². The van der Waals surface area contributed by atoms with E-state index in [0.29, 0.717) is 13.1 Å². The lowest BCUT2D eigenvalue weighted by Crippen LogP contribution is -2.36. The predicted molar refractivity (Wildman–Crippen MR) is 96.7 cm³/mol. The number of carbonyl (C=O) groups excluding carboxylic acids is 2. The molecule has 0 aromatic heterocycles. The second kappa shape index (κ2) is 9.91. The van der Waals surface area contributed by atoms with Crippen molar-refractivity contribution in [2.75, 3.05) is 19.7 Å². The molecule has 1 amide bonds. The lowest BCUT2D eigenvalue weighted by Gasteiger charge is -2.24. The normalized spacial score (nSPS) is 13.0. The number of esters is 1. The summed E-state index contributed by atoms with van der Waals surface area (Å²) in [6.45, 7) is 12.5. The van der Waals surface area contributed by atoms with Crippen molar-refractivity contribution >= 4 is 11.9 Å². The van der Waals surface area contributed by atoms with E-state index in [9.17, 15) is 9.59 Å². The van der Waals surface area contributed by atoms with Crippen molar-refractivity contribution < 1.29 is 14.3 Å². The van der Waals surface area contributed by atoms with Gasteiger partial charge in [0.1, 0.15) is 0 Å². The summed E-state index contributed by atoms with van der Waals surface area (Å²) in [4.78, 5) is 26.4. The van der Waals surface area contributed by atoms with Gasteiger partial charge >= 0.3 is 5.97 Å². The van der Waals surface area contributed by atoms with Gasteiger partial charge in [-0.05, 0) is 25.3 Å². The molecular formula is C20H29NO3. The zero-order chi connectivity index (χ0) is 18.1. The Kier molecular flexibility index (Phi) is 8.24. The summed E-state index contributed by atoms with van der Waals surface area (Å²) in [5.74, 6) is -0.729. The maximum Gasteiger partial charge on any atom is 0.314 e. The van der Waals surface area contributed by atoms with E-state index in [1.165, 1.54) is 0 Å². The molecule has 0 radical (unpaired) electrons. The van der Waals surface area contributed by atoms with E-state index in [0.717, 1.165) is 17.6 Å². The summed E-state index contributed by atoms with van der Waals surface area (Å²) < 4.78 is 5.35. The number of carbonyl (C=O) groups is 2. The third-order valence-corrected chi connectivity index (χ3v) is 4.16. The highest BCUT2D eigenvalue weighted by atomic mass is 16.5. The second-order valence-electron chi connectivity index (χ2n) is 6.25. The van der Waals surface area contributed by atoms with Crippen LogP contribution in [0.3, 0.4) is 0 Å². The van der Waals surface area contributed by atoms with Crippen molar-refractivity contribution in [2.24, 2.45) is 5.92 Å².